The largest absolute Gasteiger partial charge is 0.366 e. The van der Waals surface area contributed by atoms with Crippen molar-refractivity contribution in [2.45, 2.75) is 34.6 Å². The summed E-state index contributed by atoms with van der Waals surface area (Å²) in [4.78, 5) is 35.2. The molecule has 2 aromatic carbocycles. The summed E-state index contributed by atoms with van der Waals surface area (Å²) in [7, 11) is 0. The lowest BCUT2D eigenvalue weighted by Crippen LogP contribution is -2.18. The minimum absolute atomic E-state index is 0.0764. The van der Waals surface area contributed by atoms with Crippen molar-refractivity contribution < 1.29 is 19.3 Å². The number of carbonyl (C=O) groups is 2. The van der Waals surface area contributed by atoms with E-state index in [0.29, 0.717) is 22.6 Å². The summed E-state index contributed by atoms with van der Waals surface area (Å²) in [5.41, 5.74) is 5.16. The van der Waals surface area contributed by atoms with E-state index in [4.69, 9.17) is 9.68 Å². The minimum Gasteiger partial charge on any atom is -0.312 e. The monoisotopic (exact) mass is 430 g/mol. The van der Waals surface area contributed by atoms with Crippen LogP contribution < -0.4 is 0 Å². The standard InChI is InChI=1S/C26H26N2O4/c1-16(2)22-15-23(27-31-25(29)20-12-8-6-10-17(20)3)19(5)14-24(22)28-32-26(30)21-13-9-7-11-18(21)4/h6-16H,1-5H3. The number of carbonyl (C=O) groups excluding carboxylic acids is 2. The molecule has 0 aromatic heterocycles. The van der Waals surface area contributed by atoms with Gasteiger partial charge in [0.05, 0.1) is 11.1 Å². The van der Waals surface area contributed by atoms with E-state index in [1.165, 1.54) is 0 Å². The molecule has 6 nitrogen and oxygen atoms in total. The predicted molar refractivity (Wildman–Crippen MR) is 125 cm³/mol. The number of aryl methyl sites for hydroxylation is 2. The second-order valence-electron chi connectivity index (χ2n) is 7.92. The van der Waals surface area contributed by atoms with Gasteiger partial charge in [0.15, 0.2) is 0 Å². The molecule has 0 amide bonds. The minimum atomic E-state index is -0.519. The van der Waals surface area contributed by atoms with Gasteiger partial charge >= 0.3 is 11.9 Å². The predicted octanol–water partition coefficient (Wildman–Crippen LogP) is 5.57. The van der Waals surface area contributed by atoms with Crippen LogP contribution in [0.3, 0.4) is 0 Å². The summed E-state index contributed by atoms with van der Waals surface area (Å²) in [6, 6.07) is 14.4. The van der Waals surface area contributed by atoms with Crippen molar-refractivity contribution in [1.82, 2.24) is 0 Å². The van der Waals surface area contributed by atoms with Crippen LogP contribution in [0.4, 0.5) is 0 Å². The second kappa shape index (κ2) is 10.0. The maximum Gasteiger partial charge on any atom is 0.366 e. The normalized spacial score (nSPS) is 16.1. The second-order valence-corrected chi connectivity index (χ2v) is 7.92. The summed E-state index contributed by atoms with van der Waals surface area (Å²) in [6.07, 6.45) is 3.56. The molecule has 0 saturated carbocycles. The molecule has 32 heavy (non-hydrogen) atoms. The maximum atomic E-state index is 12.4. The van der Waals surface area contributed by atoms with Crippen LogP contribution in [0.2, 0.25) is 0 Å². The fourth-order valence-electron chi connectivity index (χ4n) is 3.22. The molecular weight excluding hydrogens is 404 g/mol. The van der Waals surface area contributed by atoms with Crippen molar-refractivity contribution in [2.24, 2.45) is 16.2 Å². The Kier molecular flexibility index (Phi) is 7.15. The lowest BCUT2D eigenvalue weighted by atomic mass is 9.90. The van der Waals surface area contributed by atoms with Gasteiger partial charge in [0.25, 0.3) is 0 Å². The van der Waals surface area contributed by atoms with Crippen molar-refractivity contribution in [3.05, 3.63) is 94.1 Å². The Hall–Kier alpha value is -3.80. The first-order valence-electron chi connectivity index (χ1n) is 10.4. The number of nitrogens with zero attached hydrogens (tertiary/aromatic N) is 2. The Labute approximate surface area is 187 Å². The van der Waals surface area contributed by atoms with Crippen LogP contribution >= 0.6 is 0 Å². The first-order valence-corrected chi connectivity index (χ1v) is 10.4. The molecule has 0 bridgehead atoms. The van der Waals surface area contributed by atoms with E-state index in [1.54, 1.807) is 36.4 Å². The Morgan fingerprint density at radius 2 is 1.19 bits per heavy atom. The molecule has 0 aliphatic heterocycles. The molecule has 0 unspecified atom stereocenters. The molecule has 1 aliphatic rings. The summed E-state index contributed by atoms with van der Waals surface area (Å²) in [6.45, 7) is 9.50. The molecule has 164 valence electrons. The van der Waals surface area contributed by atoms with E-state index in [1.807, 2.05) is 58.9 Å². The van der Waals surface area contributed by atoms with E-state index in [9.17, 15) is 9.59 Å². The molecular formula is C26H26N2O4. The molecule has 0 N–H and O–H groups in total. The smallest absolute Gasteiger partial charge is 0.312 e. The van der Waals surface area contributed by atoms with Gasteiger partial charge in [-0.1, -0.05) is 60.6 Å². The molecule has 2 aromatic rings. The summed E-state index contributed by atoms with van der Waals surface area (Å²) < 4.78 is 0. The number of hydrogen-bond acceptors (Lipinski definition) is 6. The molecule has 0 radical (unpaired) electrons. The number of rotatable bonds is 5. The molecule has 6 heteroatoms. The van der Waals surface area contributed by atoms with Gasteiger partial charge in [-0.05, 0) is 73.2 Å². The van der Waals surface area contributed by atoms with Gasteiger partial charge in [-0.25, -0.2) is 9.59 Å². The summed E-state index contributed by atoms with van der Waals surface area (Å²) in [5.74, 6) is -0.960. The highest BCUT2D eigenvalue weighted by Gasteiger charge is 2.20. The maximum absolute atomic E-state index is 12.4. The highest BCUT2D eigenvalue weighted by Crippen LogP contribution is 2.22. The Morgan fingerprint density at radius 1 is 0.719 bits per heavy atom. The van der Waals surface area contributed by atoms with Crippen molar-refractivity contribution in [3.63, 3.8) is 0 Å². The van der Waals surface area contributed by atoms with Crippen molar-refractivity contribution in [2.75, 3.05) is 0 Å². The SMILES string of the molecule is CC1=CC(=NOC(=O)c2ccccc2C)C(C(C)C)=CC1=NOC(=O)c1ccccc1C. The van der Waals surface area contributed by atoms with Gasteiger partial charge in [-0.15, -0.1) is 0 Å². The van der Waals surface area contributed by atoms with Gasteiger partial charge in [-0.2, -0.15) is 0 Å². The Balaban J connectivity index is 1.81. The average molecular weight is 431 g/mol. The first-order chi connectivity index (χ1) is 15.3. The lowest BCUT2D eigenvalue weighted by Gasteiger charge is -2.17. The fraction of sp³-hybridized carbons (Fsp3) is 0.231. The molecule has 0 spiro atoms. The van der Waals surface area contributed by atoms with Crippen LogP contribution in [0.25, 0.3) is 0 Å². The summed E-state index contributed by atoms with van der Waals surface area (Å²) >= 11 is 0. The number of hydrogen-bond donors (Lipinski definition) is 0. The number of benzene rings is 2. The highest BCUT2D eigenvalue weighted by molar-refractivity contribution is 6.23. The topological polar surface area (TPSA) is 77.3 Å². The third-order valence-corrected chi connectivity index (χ3v) is 5.15. The van der Waals surface area contributed by atoms with Gasteiger partial charge in [0.2, 0.25) is 0 Å². The quantitative estimate of drug-likeness (QED) is 0.353. The van der Waals surface area contributed by atoms with Gasteiger partial charge in [0.1, 0.15) is 11.4 Å². The molecule has 0 fully saturated rings. The number of allylic oxidation sites excluding steroid dienone is 4. The summed E-state index contributed by atoms with van der Waals surface area (Å²) in [5, 5.41) is 8.17. The van der Waals surface area contributed by atoms with Crippen molar-refractivity contribution >= 4 is 23.4 Å². The van der Waals surface area contributed by atoms with Crippen LogP contribution in [0.5, 0.6) is 0 Å². The first kappa shape index (κ1) is 22.9. The van der Waals surface area contributed by atoms with Crippen LogP contribution in [-0.4, -0.2) is 23.4 Å². The molecule has 3 rings (SSSR count). The fourth-order valence-corrected chi connectivity index (χ4v) is 3.22. The zero-order chi connectivity index (χ0) is 23.3. The van der Waals surface area contributed by atoms with E-state index in [2.05, 4.69) is 10.3 Å². The average Bonchev–Trinajstić information content (AvgIpc) is 2.77. The van der Waals surface area contributed by atoms with Crippen LogP contribution in [0, 0.1) is 19.8 Å². The zero-order valence-corrected chi connectivity index (χ0v) is 18.9. The van der Waals surface area contributed by atoms with Crippen LogP contribution in [-0.2, 0) is 9.68 Å². The van der Waals surface area contributed by atoms with E-state index >= 15 is 0 Å². The van der Waals surface area contributed by atoms with Gasteiger partial charge < -0.3 is 9.68 Å². The van der Waals surface area contributed by atoms with Gasteiger partial charge in [0, 0.05) is 0 Å². The third kappa shape index (κ3) is 5.27. The van der Waals surface area contributed by atoms with E-state index in [0.717, 1.165) is 22.3 Å². The van der Waals surface area contributed by atoms with Crippen molar-refractivity contribution in [3.8, 4) is 0 Å². The van der Waals surface area contributed by atoms with Crippen molar-refractivity contribution in [1.29, 1.82) is 0 Å². The molecule has 0 saturated heterocycles. The lowest BCUT2D eigenvalue weighted by molar-refractivity contribution is 0.0506. The van der Waals surface area contributed by atoms with Crippen LogP contribution in [0.15, 0.2) is 82.1 Å². The van der Waals surface area contributed by atoms with Gasteiger partial charge in [-0.3, -0.25) is 0 Å². The third-order valence-electron chi connectivity index (χ3n) is 5.15. The van der Waals surface area contributed by atoms with E-state index < -0.39 is 11.9 Å². The highest BCUT2D eigenvalue weighted by atomic mass is 16.7. The molecule has 1 aliphatic carbocycles. The van der Waals surface area contributed by atoms with Crippen LogP contribution in [0.1, 0.15) is 52.6 Å². The molecule has 0 atom stereocenters. The van der Waals surface area contributed by atoms with E-state index in [-0.39, 0.29) is 5.92 Å². The Morgan fingerprint density at radius 3 is 1.66 bits per heavy atom. The Bertz CT molecular complexity index is 1170. The zero-order valence-electron chi connectivity index (χ0n) is 18.9. The number of oxime groups is 2. The molecule has 0 heterocycles.